The van der Waals surface area contributed by atoms with E-state index in [-0.39, 0.29) is 18.6 Å². The number of para-hydroxylation sites is 1. The summed E-state index contributed by atoms with van der Waals surface area (Å²) in [5, 5.41) is 3.58. The Morgan fingerprint density at radius 2 is 2.11 bits per heavy atom. The molecule has 0 aliphatic heterocycles. The lowest BCUT2D eigenvalue weighted by atomic mass is 9.86. The number of amides is 1. The van der Waals surface area contributed by atoms with Gasteiger partial charge >= 0.3 is 0 Å². The highest BCUT2D eigenvalue weighted by Crippen LogP contribution is 2.24. The third-order valence-corrected chi connectivity index (χ3v) is 3.97. The smallest absolute Gasteiger partial charge is 0.258 e. The third kappa shape index (κ3) is 4.13. The zero-order valence-corrected chi connectivity index (χ0v) is 12.0. The standard InChI is InChI=1S/C15H20ClNO2/c1-11-6-2-4-8-13(11)17-15(18)10-19-14-9-5-3-7-12(14)16/h3,5,7,9,11,13H,2,4,6,8,10H2,1H3,(H,17,18)/t11-,13+/m0/s1. The number of carbonyl (C=O) groups excluding carboxylic acids is 1. The van der Waals surface area contributed by atoms with Crippen molar-refractivity contribution in [3.63, 3.8) is 0 Å². The van der Waals surface area contributed by atoms with Crippen molar-refractivity contribution in [2.45, 2.75) is 38.6 Å². The van der Waals surface area contributed by atoms with Crippen LogP contribution in [0.4, 0.5) is 0 Å². The normalized spacial score (nSPS) is 22.8. The molecule has 0 radical (unpaired) electrons. The van der Waals surface area contributed by atoms with Crippen LogP contribution in [0.1, 0.15) is 32.6 Å². The fourth-order valence-corrected chi connectivity index (χ4v) is 2.67. The fourth-order valence-electron chi connectivity index (χ4n) is 2.48. The van der Waals surface area contributed by atoms with E-state index in [1.54, 1.807) is 12.1 Å². The van der Waals surface area contributed by atoms with Gasteiger partial charge in [-0.05, 0) is 30.9 Å². The van der Waals surface area contributed by atoms with E-state index >= 15 is 0 Å². The quantitative estimate of drug-likeness (QED) is 0.918. The largest absolute Gasteiger partial charge is 0.482 e. The lowest BCUT2D eigenvalue weighted by Gasteiger charge is -2.29. The van der Waals surface area contributed by atoms with Crippen molar-refractivity contribution in [1.29, 1.82) is 0 Å². The second-order valence-electron chi connectivity index (χ2n) is 5.15. The van der Waals surface area contributed by atoms with Crippen molar-refractivity contribution in [3.05, 3.63) is 29.3 Å². The maximum Gasteiger partial charge on any atom is 0.258 e. The number of ether oxygens (including phenoxy) is 1. The molecule has 1 N–H and O–H groups in total. The third-order valence-electron chi connectivity index (χ3n) is 3.65. The summed E-state index contributed by atoms with van der Waals surface area (Å²) in [5.41, 5.74) is 0. The highest BCUT2D eigenvalue weighted by atomic mass is 35.5. The first-order valence-electron chi connectivity index (χ1n) is 6.83. The first-order valence-corrected chi connectivity index (χ1v) is 7.21. The monoisotopic (exact) mass is 281 g/mol. The minimum absolute atomic E-state index is 0.0208. The summed E-state index contributed by atoms with van der Waals surface area (Å²) in [7, 11) is 0. The van der Waals surface area contributed by atoms with Crippen LogP contribution in [0.5, 0.6) is 5.75 Å². The summed E-state index contributed by atoms with van der Waals surface area (Å²) in [4.78, 5) is 11.9. The molecule has 0 saturated heterocycles. The predicted octanol–water partition coefficient (Wildman–Crippen LogP) is 3.41. The molecule has 1 aliphatic carbocycles. The van der Waals surface area contributed by atoms with E-state index in [0.29, 0.717) is 16.7 Å². The van der Waals surface area contributed by atoms with Gasteiger partial charge in [0, 0.05) is 6.04 Å². The Kier molecular flexibility index (Phi) is 5.08. The Labute approximate surface area is 119 Å². The van der Waals surface area contributed by atoms with Crippen LogP contribution >= 0.6 is 11.6 Å². The van der Waals surface area contributed by atoms with Gasteiger partial charge in [-0.3, -0.25) is 4.79 Å². The first kappa shape index (κ1) is 14.2. The van der Waals surface area contributed by atoms with E-state index in [4.69, 9.17) is 16.3 Å². The van der Waals surface area contributed by atoms with Crippen molar-refractivity contribution in [2.24, 2.45) is 5.92 Å². The molecule has 1 aromatic rings. The summed E-state index contributed by atoms with van der Waals surface area (Å²) in [6.45, 7) is 2.21. The number of hydrogen-bond acceptors (Lipinski definition) is 2. The molecule has 1 saturated carbocycles. The van der Waals surface area contributed by atoms with Crippen molar-refractivity contribution in [3.8, 4) is 5.75 Å². The molecule has 0 aromatic heterocycles. The highest BCUT2D eigenvalue weighted by Gasteiger charge is 2.22. The summed E-state index contributed by atoms with van der Waals surface area (Å²) in [6.07, 6.45) is 4.72. The lowest BCUT2D eigenvalue weighted by Crippen LogP contribution is -2.43. The summed E-state index contributed by atoms with van der Waals surface area (Å²) in [6, 6.07) is 7.47. The second-order valence-corrected chi connectivity index (χ2v) is 5.56. The van der Waals surface area contributed by atoms with Crippen LogP contribution in [0.2, 0.25) is 5.02 Å². The molecule has 104 valence electrons. The SMILES string of the molecule is C[C@H]1CCCC[C@H]1NC(=O)COc1ccccc1Cl. The van der Waals surface area contributed by atoms with E-state index < -0.39 is 0 Å². The van der Waals surface area contributed by atoms with Crippen LogP contribution in [0, 0.1) is 5.92 Å². The molecular weight excluding hydrogens is 262 g/mol. The van der Waals surface area contributed by atoms with Gasteiger partial charge in [-0.2, -0.15) is 0 Å². The number of halogens is 1. The predicted molar refractivity (Wildman–Crippen MR) is 76.5 cm³/mol. The summed E-state index contributed by atoms with van der Waals surface area (Å²) < 4.78 is 5.43. The Balaban J connectivity index is 1.80. The number of rotatable bonds is 4. The van der Waals surface area contributed by atoms with Crippen molar-refractivity contribution < 1.29 is 9.53 Å². The molecule has 1 amide bonds. The Morgan fingerprint density at radius 1 is 1.37 bits per heavy atom. The number of nitrogens with one attached hydrogen (secondary N) is 1. The highest BCUT2D eigenvalue weighted by molar-refractivity contribution is 6.32. The van der Waals surface area contributed by atoms with Crippen LogP contribution in [-0.4, -0.2) is 18.6 Å². The van der Waals surface area contributed by atoms with E-state index in [0.717, 1.165) is 6.42 Å². The number of carbonyl (C=O) groups is 1. The van der Waals surface area contributed by atoms with Crippen molar-refractivity contribution in [2.75, 3.05) is 6.61 Å². The van der Waals surface area contributed by atoms with Gasteiger partial charge in [0.2, 0.25) is 0 Å². The van der Waals surface area contributed by atoms with E-state index in [9.17, 15) is 4.79 Å². The van der Waals surface area contributed by atoms with Crippen molar-refractivity contribution in [1.82, 2.24) is 5.32 Å². The molecule has 0 spiro atoms. The molecule has 19 heavy (non-hydrogen) atoms. The van der Waals surface area contributed by atoms with Crippen molar-refractivity contribution >= 4 is 17.5 Å². The summed E-state index contributed by atoms with van der Waals surface area (Å²) >= 11 is 5.97. The van der Waals surface area contributed by atoms with Crippen LogP contribution in [0.25, 0.3) is 0 Å². The van der Waals surface area contributed by atoms with Gasteiger partial charge in [0.1, 0.15) is 5.75 Å². The minimum atomic E-state index is -0.0707. The second kappa shape index (κ2) is 6.80. The summed E-state index contributed by atoms with van der Waals surface area (Å²) in [5.74, 6) is 1.03. The molecule has 2 rings (SSSR count). The van der Waals surface area contributed by atoms with Gasteiger partial charge < -0.3 is 10.1 Å². The van der Waals surface area contributed by atoms with E-state index in [1.807, 2.05) is 12.1 Å². The molecule has 1 fully saturated rings. The lowest BCUT2D eigenvalue weighted by molar-refractivity contribution is -0.124. The molecule has 3 nitrogen and oxygen atoms in total. The zero-order valence-electron chi connectivity index (χ0n) is 11.2. The van der Waals surface area contributed by atoms with Crippen LogP contribution < -0.4 is 10.1 Å². The topological polar surface area (TPSA) is 38.3 Å². The molecule has 0 heterocycles. The molecule has 1 aromatic carbocycles. The average Bonchev–Trinajstić information content (AvgIpc) is 2.40. The number of benzene rings is 1. The average molecular weight is 282 g/mol. The first-order chi connectivity index (χ1) is 9.16. The van der Waals surface area contributed by atoms with Gasteiger partial charge in [0.05, 0.1) is 5.02 Å². The van der Waals surface area contributed by atoms with Gasteiger partial charge in [-0.15, -0.1) is 0 Å². The molecular formula is C15H20ClNO2. The Morgan fingerprint density at radius 3 is 2.84 bits per heavy atom. The van der Waals surface area contributed by atoms with Crippen LogP contribution in [-0.2, 0) is 4.79 Å². The molecule has 2 atom stereocenters. The fraction of sp³-hybridized carbons (Fsp3) is 0.533. The maximum atomic E-state index is 11.9. The van der Waals surface area contributed by atoms with E-state index in [1.165, 1.54) is 19.3 Å². The van der Waals surface area contributed by atoms with E-state index in [2.05, 4.69) is 12.2 Å². The molecule has 0 unspecified atom stereocenters. The van der Waals surface area contributed by atoms with Gasteiger partial charge in [-0.1, -0.05) is 43.5 Å². The molecule has 0 bridgehead atoms. The Bertz CT molecular complexity index is 436. The van der Waals surface area contributed by atoms with Crippen LogP contribution in [0.3, 0.4) is 0 Å². The maximum absolute atomic E-state index is 11.9. The van der Waals surface area contributed by atoms with Gasteiger partial charge in [-0.25, -0.2) is 0 Å². The van der Waals surface area contributed by atoms with Crippen LogP contribution in [0.15, 0.2) is 24.3 Å². The number of hydrogen-bond donors (Lipinski definition) is 1. The molecule has 1 aliphatic rings. The van der Waals surface area contributed by atoms with Gasteiger partial charge in [0.25, 0.3) is 5.91 Å². The minimum Gasteiger partial charge on any atom is -0.482 e. The van der Waals surface area contributed by atoms with Gasteiger partial charge in [0.15, 0.2) is 6.61 Å². The molecule has 4 heteroatoms. The Hall–Kier alpha value is -1.22. The zero-order chi connectivity index (χ0) is 13.7.